The number of aliphatic hydroxyl groups excluding tert-OH is 2. The van der Waals surface area contributed by atoms with E-state index < -0.39 is 120 Å². The van der Waals surface area contributed by atoms with Crippen LogP contribution in [0.4, 0.5) is 13.6 Å². The lowest BCUT2D eigenvalue weighted by molar-refractivity contribution is -0.239. The maximum Gasteiger partial charge on any atom is 0.410 e. The summed E-state index contributed by atoms with van der Waals surface area (Å²) in [7, 11) is 2.97. The van der Waals surface area contributed by atoms with Crippen molar-refractivity contribution in [3.05, 3.63) is 59.2 Å². The lowest BCUT2D eigenvalue weighted by atomic mass is 9.94. The van der Waals surface area contributed by atoms with Crippen molar-refractivity contribution < 1.29 is 66.7 Å². The van der Waals surface area contributed by atoms with Crippen LogP contribution in [0.5, 0.6) is 0 Å². The third-order valence-corrected chi connectivity index (χ3v) is 14.5. The second-order valence-electron chi connectivity index (χ2n) is 22.7. The number of aromatic nitrogens is 2. The number of hydrogen-bond donors (Lipinski definition) is 6. The largest absolute Gasteiger partial charge is 0.461 e. The minimum Gasteiger partial charge on any atom is -0.461 e. The average molecular weight is 1100 g/mol. The Hall–Kier alpha value is -6.20. The van der Waals surface area contributed by atoms with Crippen molar-refractivity contribution in [3.63, 3.8) is 0 Å². The number of fused-ring (bicyclic) bond motifs is 2. The Balaban J connectivity index is 1.37. The highest BCUT2D eigenvalue weighted by Crippen LogP contribution is 2.40. The van der Waals surface area contributed by atoms with Gasteiger partial charge >= 0.3 is 18.0 Å². The summed E-state index contributed by atoms with van der Waals surface area (Å²) in [5.41, 5.74) is 1.60. The molecule has 2 fully saturated rings. The first kappa shape index (κ1) is 61.0. The average Bonchev–Trinajstić information content (AvgIpc) is 4.21. The van der Waals surface area contributed by atoms with Crippen molar-refractivity contribution >= 4 is 57.6 Å². The fraction of sp³-hybridized carbons (Fsp3) is 0.607. The van der Waals surface area contributed by atoms with Crippen molar-refractivity contribution in [2.75, 3.05) is 27.2 Å². The molecular formula is C56H80F2N8O12. The number of halogens is 2. The predicted molar refractivity (Wildman–Crippen MR) is 287 cm³/mol. The van der Waals surface area contributed by atoms with Gasteiger partial charge in [0.1, 0.15) is 47.8 Å². The monoisotopic (exact) mass is 1090 g/mol. The number of rotatable bonds is 20. The second-order valence-corrected chi connectivity index (χ2v) is 22.7. The van der Waals surface area contributed by atoms with E-state index in [4.69, 9.17) is 18.9 Å². The molecule has 0 radical (unpaired) electrons. The summed E-state index contributed by atoms with van der Waals surface area (Å²) < 4.78 is 53.0. The molecular weight excluding hydrogens is 1010 g/mol. The Bertz CT molecular complexity index is 2830. The highest BCUT2D eigenvalue weighted by molar-refractivity contribution is 5.96. The molecule has 4 heterocycles. The predicted octanol–water partition coefficient (Wildman–Crippen LogP) is 5.99. The van der Waals surface area contributed by atoms with Crippen molar-refractivity contribution in [1.29, 1.82) is 0 Å². The van der Waals surface area contributed by atoms with E-state index in [9.17, 15) is 39.0 Å². The van der Waals surface area contributed by atoms with Crippen LogP contribution in [0.3, 0.4) is 0 Å². The molecule has 0 spiro atoms. The molecule has 20 nitrogen and oxygen atoms in total. The Kier molecular flexibility index (Phi) is 19.4. The number of likely N-dealkylation sites (tertiary alicyclic amines) is 2. The Morgan fingerprint density at radius 3 is 1.72 bits per heavy atom. The zero-order valence-electron chi connectivity index (χ0n) is 47.4. The molecule has 6 N–H and O–H groups in total. The molecule has 10 atom stereocenters. The molecule has 2 aliphatic heterocycles. The van der Waals surface area contributed by atoms with Crippen LogP contribution in [-0.4, -0.2) is 175 Å². The minimum absolute atomic E-state index is 0.00811. The molecule has 2 aromatic heterocycles. The number of aliphatic hydroxyl groups is 2. The Labute approximate surface area is 454 Å². The fourth-order valence-electron chi connectivity index (χ4n) is 10.4. The van der Waals surface area contributed by atoms with E-state index in [0.717, 1.165) is 0 Å². The maximum atomic E-state index is 15.2. The summed E-state index contributed by atoms with van der Waals surface area (Å²) in [5, 5.41) is 30.0. The smallest absolute Gasteiger partial charge is 0.410 e. The molecule has 4 aromatic rings. The van der Waals surface area contributed by atoms with E-state index in [0.29, 0.717) is 44.3 Å². The van der Waals surface area contributed by atoms with Crippen LogP contribution in [0, 0.1) is 11.6 Å². The number of nitrogens with zero attached hydrogens (tertiary/aromatic N) is 4. The normalized spacial score (nSPS) is 20.5. The van der Waals surface area contributed by atoms with Gasteiger partial charge in [0, 0.05) is 74.2 Å². The maximum absolute atomic E-state index is 15.2. The molecule has 2 unspecified atom stereocenters. The van der Waals surface area contributed by atoms with Gasteiger partial charge in [-0.3, -0.25) is 33.8 Å². The van der Waals surface area contributed by atoms with Gasteiger partial charge in [0.05, 0.1) is 35.6 Å². The van der Waals surface area contributed by atoms with Gasteiger partial charge in [0.15, 0.2) is 0 Å². The van der Waals surface area contributed by atoms with Gasteiger partial charge in [-0.1, -0.05) is 13.8 Å². The summed E-state index contributed by atoms with van der Waals surface area (Å²) in [6.45, 7) is 19.8. The molecule has 6 rings (SSSR count). The number of H-pyrrole nitrogens is 2. The van der Waals surface area contributed by atoms with Crippen molar-refractivity contribution in [1.82, 2.24) is 40.2 Å². The van der Waals surface area contributed by atoms with Crippen LogP contribution < -0.4 is 10.6 Å². The van der Waals surface area contributed by atoms with Gasteiger partial charge in [0.2, 0.25) is 24.1 Å². The first-order valence-corrected chi connectivity index (χ1v) is 26.7. The molecule has 2 aliphatic rings. The van der Waals surface area contributed by atoms with Crippen LogP contribution in [0.25, 0.3) is 33.2 Å². The van der Waals surface area contributed by atoms with Crippen LogP contribution in [0.2, 0.25) is 0 Å². The zero-order chi connectivity index (χ0) is 57.9. The van der Waals surface area contributed by atoms with E-state index in [1.165, 1.54) is 62.0 Å². The molecule has 0 bridgehead atoms. The third-order valence-electron chi connectivity index (χ3n) is 14.5. The molecule has 22 heteroatoms. The van der Waals surface area contributed by atoms with Gasteiger partial charge in [-0.25, -0.2) is 18.5 Å². The number of amides is 4. The summed E-state index contributed by atoms with van der Waals surface area (Å²) in [6.07, 6.45) is -3.61. The summed E-state index contributed by atoms with van der Waals surface area (Å²) in [4.78, 5) is 92.8. The lowest BCUT2D eigenvalue weighted by Crippen LogP contribution is -2.57. The number of benzene rings is 2. The number of esters is 2. The number of nitrogens with one attached hydrogen (secondary N) is 4. The standard InChI is InChI=1S/C56H80F2N8O12/c1-15-43(61-49(69)29(3)63(13)53(73)77-55(7,8)9)51(71)65-27-37(75-31(5)67)23-35(65)25-41-39-19-17-33(57)21-45(39)59-47(41)48-42(40-20-18-34(58)22-46(40)60-48)26-36-24-38(76-32(6)68)28-66(36)52(72)44(16-2)62-50(70)30(4)64(14)54(74)78-56(10,11)12/h17-22,29-30,35-38,43-44,51,54,59-60,71,74H,15-16,23-28H2,1-14H3,(H,61,69)(H,62,70)/t29-,30-,35-,36-,37-,38-,43-,44-,51?,54?/m0/s1. The van der Waals surface area contributed by atoms with Crippen LogP contribution in [0.1, 0.15) is 120 Å². The van der Waals surface area contributed by atoms with Crippen molar-refractivity contribution in [2.24, 2.45) is 0 Å². The zero-order valence-corrected chi connectivity index (χ0v) is 47.4. The number of hydrogen-bond acceptors (Lipinski definition) is 14. The first-order chi connectivity index (χ1) is 36.4. The van der Waals surface area contributed by atoms with E-state index >= 15 is 8.78 Å². The van der Waals surface area contributed by atoms with Crippen LogP contribution in [-0.2, 0) is 55.8 Å². The molecule has 78 heavy (non-hydrogen) atoms. The van der Waals surface area contributed by atoms with Gasteiger partial charge in [-0.05, 0) is 136 Å². The van der Waals surface area contributed by atoms with Crippen LogP contribution in [0.15, 0.2) is 36.4 Å². The number of carbonyl (C=O) groups excluding carboxylic acids is 6. The Morgan fingerprint density at radius 1 is 0.731 bits per heavy atom. The number of aromatic amines is 2. The minimum atomic E-state index is -1.42. The van der Waals surface area contributed by atoms with Crippen LogP contribution >= 0.6 is 0 Å². The van der Waals surface area contributed by atoms with Gasteiger partial charge in [-0.2, -0.15) is 0 Å². The number of carbonyl (C=O) groups is 6. The Morgan fingerprint density at radius 2 is 1.23 bits per heavy atom. The van der Waals surface area contributed by atoms with Gasteiger partial charge in [-0.15, -0.1) is 0 Å². The third kappa shape index (κ3) is 14.7. The number of ether oxygens (including phenoxy) is 4. The molecule has 4 amide bonds. The number of likely N-dealkylation sites (N-methyl/N-ethyl adjacent to an activating group) is 2. The van der Waals surface area contributed by atoms with Crippen molar-refractivity contribution in [3.8, 4) is 11.4 Å². The van der Waals surface area contributed by atoms with E-state index in [1.54, 1.807) is 91.2 Å². The van der Waals surface area contributed by atoms with Gasteiger partial charge in [0.25, 0.3) is 0 Å². The SMILES string of the molecule is CC[C@H](NC(=O)[C@H](C)N(C)C(O)OC(C)(C)C)C(=O)N1C[C@@H](OC(C)=O)C[C@H]1Cc1c(-c2[nH]c3cc(F)ccc3c2C[C@@H]2C[C@H](OC(C)=O)CN2C(O)[C@H](CC)NC(=O)[C@H](C)N(C)C(=O)OC(C)(C)C)[nH]c2cc(F)ccc12. The van der Waals surface area contributed by atoms with E-state index in [2.05, 4.69) is 20.6 Å². The highest BCUT2D eigenvalue weighted by atomic mass is 19.1. The topological polar surface area (TPSA) is 248 Å². The molecule has 2 aromatic carbocycles. The van der Waals surface area contributed by atoms with E-state index in [1.807, 2.05) is 0 Å². The quantitative estimate of drug-likeness (QED) is 0.0338. The van der Waals surface area contributed by atoms with Crippen molar-refractivity contribution in [2.45, 2.75) is 194 Å². The van der Waals surface area contributed by atoms with Gasteiger partial charge < -0.3 is 54.7 Å². The molecule has 430 valence electrons. The van der Waals surface area contributed by atoms with E-state index in [-0.39, 0.29) is 51.6 Å². The molecule has 2 saturated heterocycles. The highest BCUT2D eigenvalue weighted by Gasteiger charge is 2.44. The first-order valence-electron chi connectivity index (χ1n) is 26.7. The summed E-state index contributed by atoms with van der Waals surface area (Å²) in [5.74, 6) is -3.63. The summed E-state index contributed by atoms with van der Waals surface area (Å²) in [6, 6.07) is 3.61. The lowest BCUT2D eigenvalue weighted by Gasteiger charge is -2.35. The second kappa shape index (κ2) is 24.9. The summed E-state index contributed by atoms with van der Waals surface area (Å²) >= 11 is 0. The molecule has 0 saturated carbocycles. The fourth-order valence-corrected chi connectivity index (χ4v) is 10.4. The molecule has 0 aliphatic carbocycles.